The maximum atomic E-state index is 13.7. The summed E-state index contributed by atoms with van der Waals surface area (Å²) in [7, 11) is 0. The van der Waals surface area contributed by atoms with Crippen LogP contribution in [0.25, 0.3) is 0 Å². The minimum absolute atomic E-state index is 0.127. The molecule has 0 unspecified atom stereocenters. The van der Waals surface area contributed by atoms with Crippen molar-refractivity contribution >= 4 is 28.7 Å². The summed E-state index contributed by atoms with van der Waals surface area (Å²) in [5.41, 5.74) is 3.95. The molecule has 0 bridgehead atoms. The second-order valence-electron chi connectivity index (χ2n) is 6.32. The molecule has 7 heteroatoms. The number of para-hydroxylation sites is 1. The van der Waals surface area contributed by atoms with Crippen molar-refractivity contribution in [2.24, 2.45) is 5.10 Å². The summed E-state index contributed by atoms with van der Waals surface area (Å²) < 4.78 is 19.6. The van der Waals surface area contributed by atoms with Crippen molar-refractivity contribution in [2.45, 2.75) is 25.9 Å². The summed E-state index contributed by atoms with van der Waals surface area (Å²) in [6, 6.07) is 11.1. The molecule has 3 rings (SSSR count). The highest BCUT2D eigenvalue weighted by Crippen LogP contribution is 2.35. The molecule has 1 aliphatic heterocycles. The van der Waals surface area contributed by atoms with Gasteiger partial charge in [-0.15, -0.1) is 0 Å². The third kappa shape index (κ3) is 4.06. The van der Waals surface area contributed by atoms with E-state index in [2.05, 4.69) is 15.8 Å². The topological polar surface area (TPSA) is 65.9 Å². The lowest BCUT2D eigenvalue weighted by molar-refractivity contribution is 0.111. The molecule has 0 saturated heterocycles. The molecule has 25 heavy (non-hydrogen) atoms. The molecule has 0 saturated carbocycles. The Hall–Kier alpha value is -2.67. The Morgan fingerprint density at radius 3 is 2.80 bits per heavy atom. The van der Waals surface area contributed by atoms with Gasteiger partial charge in [0.25, 0.3) is 0 Å². The number of nitrogens with one attached hydrogen (secondary N) is 2. The van der Waals surface area contributed by atoms with Crippen molar-refractivity contribution in [3.8, 4) is 11.5 Å². The van der Waals surface area contributed by atoms with Crippen LogP contribution in [-0.4, -0.2) is 21.5 Å². The van der Waals surface area contributed by atoms with Gasteiger partial charge < -0.3 is 15.2 Å². The number of anilines is 1. The highest BCUT2D eigenvalue weighted by Gasteiger charge is 2.31. The maximum absolute atomic E-state index is 13.7. The Kier molecular flexibility index (Phi) is 4.59. The van der Waals surface area contributed by atoms with Crippen molar-refractivity contribution in [1.82, 2.24) is 5.43 Å². The first-order chi connectivity index (χ1) is 11.8. The molecule has 0 amide bonds. The van der Waals surface area contributed by atoms with Crippen LogP contribution in [-0.2, 0) is 0 Å². The van der Waals surface area contributed by atoms with E-state index in [1.54, 1.807) is 36.4 Å². The van der Waals surface area contributed by atoms with Crippen molar-refractivity contribution < 1.29 is 14.2 Å². The molecule has 0 fully saturated rings. The van der Waals surface area contributed by atoms with Gasteiger partial charge in [-0.2, -0.15) is 5.10 Å². The van der Waals surface area contributed by atoms with Gasteiger partial charge in [0.05, 0.1) is 11.4 Å². The molecular weight excluding hydrogens is 341 g/mol. The maximum Gasteiger partial charge on any atom is 0.191 e. The summed E-state index contributed by atoms with van der Waals surface area (Å²) in [5, 5.41) is 17.0. The normalized spacial score (nSPS) is 16.7. The number of phenols is 1. The summed E-state index contributed by atoms with van der Waals surface area (Å²) in [5.74, 6) is 0.367. The highest BCUT2D eigenvalue weighted by molar-refractivity contribution is 7.80. The van der Waals surface area contributed by atoms with Crippen LogP contribution in [0.15, 0.2) is 47.6 Å². The van der Waals surface area contributed by atoms with E-state index in [-0.39, 0.29) is 16.5 Å². The molecule has 130 valence electrons. The zero-order chi connectivity index (χ0) is 18.0. The molecule has 0 aliphatic carbocycles. The predicted octanol–water partition coefficient (Wildman–Crippen LogP) is 3.78. The van der Waals surface area contributed by atoms with Crippen LogP contribution >= 0.6 is 12.2 Å². The first-order valence-electron chi connectivity index (χ1n) is 7.74. The number of aromatic hydroxyl groups is 1. The first kappa shape index (κ1) is 17.2. The zero-order valence-electron chi connectivity index (χ0n) is 13.8. The highest BCUT2D eigenvalue weighted by atomic mass is 32.1. The standard InChI is InChI=1S/C18H18FN3O2S/c1-18(2)10-15(12-9-11(23)7-8-16(12)24-18)21-22-17(25)20-14-6-4-3-5-13(14)19/h3-9,23H,10H2,1-2H3,(H2,20,22,25)/b21-15-. The van der Waals surface area contributed by atoms with E-state index < -0.39 is 11.4 Å². The molecule has 2 aromatic carbocycles. The second-order valence-corrected chi connectivity index (χ2v) is 6.73. The molecule has 1 heterocycles. The monoisotopic (exact) mass is 359 g/mol. The predicted molar refractivity (Wildman–Crippen MR) is 99.7 cm³/mol. The fraction of sp³-hybridized carbons (Fsp3) is 0.222. The van der Waals surface area contributed by atoms with Crippen LogP contribution in [0.1, 0.15) is 25.8 Å². The Balaban J connectivity index is 1.80. The number of rotatable bonds is 2. The van der Waals surface area contributed by atoms with Gasteiger partial charge in [-0.25, -0.2) is 4.39 Å². The van der Waals surface area contributed by atoms with E-state index in [1.165, 1.54) is 6.07 Å². The number of hydrogen-bond donors (Lipinski definition) is 3. The first-order valence-corrected chi connectivity index (χ1v) is 8.15. The van der Waals surface area contributed by atoms with Crippen molar-refractivity contribution in [2.75, 3.05) is 5.32 Å². The number of nitrogens with zero attached hydrogens (tertiary/aromatic N) is 1. The van der Waals surface area contributed by atoms with E-state index in [4.69, 9.17) is 17.0 Å². The van der Waals surface area contributed by atoms with Gasteiger partial charge >= 0.3 is 0 Å². The van der Waals surface area contributed by atoms with Crippen molar-refractivity contribution in [1.29, 1.82) is 0 Å². The number of benzene rings is 2. The largest absolute Gasteiger partial charge is 0.508 e. The zero-order valence-corrected chi connectivity index (χ0v) is 14.7. The number of ether oxygens (including phenoxy) is 1. The van der Waals surface area contributed by atoms with Gasteiger partial charge in [0, 0.05) is 12.0 Å². The van der Waals surface area contributed by atoms with Crippen LogP contribution in [0.5, 0.6) is 11.5 Å². The molecule has 0 spiro atoms. The number of phenolic OH excluding ortho intramolecular Hbond substituents is 1. The quantitative estimate of drug-likeness (QED) is 0.562. The van der Waals surface area contributed by atoms with Gasteiger partial charge in [0.15, 0.2) is 5.11 Å². The van der Waals surface area contributed by atoms with Gasteiger partial charge in [-0.1, -0.05) is 12.1 Å². The van der Waals surface area contributed by atoms with E-state index in [1.807, 2.05) is 13.8 Å². The molecular formula is C18H18FN3O2S. The van der Waals surface area contributed by atoms with Gasteiger partial charge in [-0.3, -0.25) is 5.43 Å². The fourth-order valence-corrected chi connectivity index (χ4v) is 2.75. The summed E-state index contributed by atoms with van der Waals surface area (Å²) in [6.07, 6.45) is 0.527. The average molecular weight is 359 g/mol. The molecule has 5 nitrogen and oxygen atoms in total. The number of hydrazone groups is 1. The third-order valence-electron chi connectivity index (χ3n) is 3.67. The number of thiocarbonyl (C=S) groups is 1. The lowest BCUT2D eigenvalue weighted by Crippen LogP contribution is -2.37. The average Bonchev–Trinajstić information content (AvgIpc) is 2.55. The van der Waals surface area contributed by atoms with Crippen LogP contribution in [0.4, 0.5) is 10.1 Å². The Bertz CT molecular complexity index is 852. The van der Waals surface area contributed by atoms with E-state index in [0.717, 1.165) is 0 Å². The molecule has 0 aromatic heterocycles. The SMILES string of the molecule is CC1(C)C/C(=N/NC(=S)Nc2ccccc2F)c2cc(O)ccc2O1. The van der Waals surface area contributed by atoms with Crippen molar-refractivity contribution in [3.63, 3.8) is 0 Å². The van der Waals surface area contributed by atoms with E-state index >= 15 is 0 Å². The third-order valence-corrected chi connectivity index (χ3v) is 3.86. The summed E-state index contributed by atoms with van der Waals surface area (Å²) in [4.78, 5) is 0. The van der Waals surface area contributed by atoms with Crippen LogP contribution in [0.3, 0.4) is 0 Å². The molecule has 0 atom stereocenters. The van der Waals surface area contributed by atoms with Gasteiger partial charge in [-0.05, 0) is 56.4 Å². The number of hydrogen-bond acceptors (Lipinski definition) is 4. The van der Waals surface area contributed by atoms with Crippen LogP contribution < -0.4 is 15.5 Å². The van der Waals surface area contributed by atoms with E-state index in [9.17, 15) is 9.50 Å². The number of halogens is 1. The minimum Gasteiger partial charge on any atom is -0.508 e. The van der Waals surface area contributed by atoms with Gasteiger partial charge in [0.2, 0.25) is 0 Å². The fourth-order valence-electron chi connectivity index (χ4n) is 2.60. The van der Waals surface area contributed by atoms with Gasteiger partial charge in [0.1, 0.15) is 22.9 Å². The lowest BCUT2D eigenvalue weighted by Gasteiger charge is -2.33. The molecule has 2 aromatic rings. The summed E-state index contributed by atoms with van der Waals surface area (Å²) in [6.45, 7) is 3.91. The summed E-state index contributed by atoms with van der Waals surface area (Å²) >= 11 is 5.17. The molecule has 0 radical (unpaired) electrons. The lowest BCUT2D eigenvalue weighted by atomic mass is 9.92. The van der Waals surface area contributed by atoms with Crippen molar-refractivity contribution in [3.05, 3.63) is 53.8 Å². The van der Waals surface area contributed by atoms with Crippen LogP contribution in [0.2, 0.25) is 0 Å². The molecule has 3 N–H and O–H groups in total. The van der Waals surface area contributed by atoms with Crippen LogP contribution in [0, 0.1) is 5.82 Å². The Labute approximate surface area is 150 Å². The Morgan fingerprint density at radius 1 is 1.28 bits per heavy atom. The minimum atomic E-state index is -0.439. The smallest absolute Gasteiger partial charge is 0.191 e. The second kappa shape index (κ2) is 6.68. The Morgan fingerprint density at radius 2 is 2.04 bits per heavy atom. The molecule has 1 aliphatic rings. The number of fused-ring (bicyclic) bond motifs is 1. The van der Waals surface area contributed by atoms with E-state index in [0.29, 0.717) is 23.4 Å².